The summed E-state index contributed by atoms with van der Waals surface area (Å²) in [5, 5.41) is 7.40. The van der Waals surface area contributed by atoms with Crippen LogP contribution < -0.4 is 5.73 Å². The molecular formula is C13H11FN4O. The highest BCUT2D eigenvalue weighted by molar-refractivity contribution is 5.85. The van der Waals surface area contributed by atoms with Gasteiger partial charge in [-0.25, -0.2) is 14.0 Å². The third kappa shape index (κ3) is 2.01. The minimum absolute atomic E-state index is 0.272. The number of aromatic nitrogens is 3. The first-order valence-corrected chi connectivity index (χ1v) is 5.77. The summed E-state index contributed by atoms with van der Waals surface area (Å²) in [6, 6.07) is 6.39. The number of nitrogens with zero attached hydrogens (tertiary/aromatic N) is 3. The molecule has 2 aromatic heterocycles. The molecule has 6 heteroatoms. The van der Waals surface area contributed by atoms with Crippen LogP contribution in [0.25, 0.3) is 11.2 Å². The van der Waals surface area contributed by atoms with Gasteiger partial charge in [-0.1, -0.05) is 12.1 Å². The standard InChI is InChI=1S/C13H11FN4O/c1-7-10(6-8-3-2-4-9(14)5-8)11(15)12-13(16-7)18-19-17-12/h2-5H,6,15H2,1H3. The number of aryl methyl sites for hydroxylation is 1. The number of rotatable bonds is 2. The normalized spacial score (nSPS) is 11.1. The highest BCUT2D eigenvalue weighted by Crippen LogP contribution is 2.25. The number of halogens is 1. The maximum absolute atomic E-state index is 13.2. The molecule has 2 heterocycles. The lowest BCUT2D eigenvalue weighted by Crippen LogP contribution is -2.02. The molecule has 3 rings (SSSR count). The fourth-order valence-corrected chi connectivity index (χ4v) is 2.07. The molecular weight excluding hydrogens is 247 g/mol. The molecule has 0 bridgehead atoms. The van der Waals surface area contributed by atoms with Gasteiger partial charge in [0.05, 0.1) is 5.69 Å². The van der Waals surface area contributed by atoms with Crippen LogP contribution in [0.4, 0.5) is 10.1 Å². The van der Waals surface area contributed by atoms with Crippen LogP contribution in [-0.4, -0.2) is 15.3 Å². The third-order valence-electron chi connectivity index (χ3n) is 3.03. The molecule has 0 atom stereocenters. The van der Waals surface area contributed by atoms with E-state index in [-0.39, 0.29) is 5.82 Å². The summed E-state index contributed by atoms with van der Waals surface area (Å²) in [6.45, 7) is 1.83. The van der Waals surface area contributed by atoms with Gasteiger partial charge in [-0.2, -0.15) is 0 Å². The molecule has 0 spiro atoms. The first kappa shape index (κ1) is 11.6. The van der Waals surface area contributed by atoms with Gasteiger partial charge in [0.1, 0.15) is 5.82 Å². The van der Waals surface area contributed by atoms with Crippen LogP contribution >= 0.6 is 0 Å². The van der Waals surface area contributed by atoms with Crippen molar-refractivity contribution in [3.63, 3.8) is 0 Å². The molecule has 1 aromatic carbocycles. The van der Waals surface area contributed by atoms with Gasteiger partial charge in [-0.15, -0.1) is 0 Å². The lowest BCUT2D eigenvalue weighted by atomic mass is 10.0. The summed E-state index contributed by atoms with van der Waals surface area (Å²) in [6.07, 6.45) is 0.491. The van der Waals surface area contributed by atoms with Crippen LogP contribution in [0.5, 0.6) is 0 Å². The summed E-state index contributed by atoms with van der Waals surface area (Å²) < 4.78 is 17.8. The first-order valence-electron chi connectivity index (χ1n) is 5.77. The van der Waals surface area contributed by atoms with Gasteiger partial charge in [-0.05, 0) is 34.9 Å². The molecule has 0 unspecified atom stereocenters. The van der Waals surface area contributed by atoms with Crippen LogP contribution in [-0.2, 0) is 6.42 Å². The third-order valence-corrected chi connectivity index (χ3v) is 3.03. The van der Waals surface area contributed by atoms with Crippen molar-refractivity contribution in [3.05, 3.63) is 46.9 Å². The first-order chi connectivity index (χ1) is 9.15. The number of hydrogen-bond acceptors (Lipinski definition) is 5. The lowest BCUT2D eigenvalue weighted by Gasteiger charge is -2.08. The molecule has 5 nitrogen and oxygen atoms in total. The molecule has 0 saturated carbocycles. The van der Waals surface area contributed by atoms with E-state index in [0.29, 0.717) is 23.3 Å². The number of nitrogens with two attached hydrogens (primary N) is 1. The van der Waals surface area contributed by atoms with Crippen LogP contribution in [0.15, 0.2) is 28.9 Å². The van der Waals surface area contributed by atoms with Crippen molar-refractivity contribution in [1.29, 1.82) is 0 Å². The monoisotopic (exact) mass is 258 g/mol. The largest absolute Gasteiger partial charge is 0.396 e. The van der Waals surface area contributed by atoms with Crippen LogP contribution in [0, 0.1) is 12.7 Å². The zero-order chi connectivity index (χ0) is 13.4. The minimum atomic E-state index is -0.272. The van der Waals surface area contributed by atoms with E-state index in [2.05, 4.69) is 19.9 Å². The van der Waals surface area contributed by atoms with Crippen molar-refractivity contribution in [2.45, 2.75) is 13.3 Å². The zero-order valence-corrected chi connectivity index (χ0v) is 10.2. The Bertz CT molecular complexity index is 753. The second-order valence-electron chi connectivity index (χ2n) is 4.33. The van der Waals surface area contributed by atoms with E-state index in [1.807, 2.05) is 13.0 Å². The quantitative estimate of drug-likeness (QED) is 0.762. The predicted molar refractivity (Wildman–Crippen MR) is 68.0 cm³/mol. The van der Waals surface area contributed by atoms with Gasteiger partial charge in [0.2, 0.25) is 5.65 Å². The van der Waals surface area contributed by atoms with Crippen molar-refractivity contribution in [1.82, 2.24) is 15.3 Å². The minimum Gasteiger partial charge on any atom is -0.396 e. The highest BCUT2D eigenvalue weighted by atomic mass is 19.1. The summed E-state index contributed by atoms with van der Waals surface area (Å²) >= 11 is 0. The molecule has 0 fully saturated rings. The van der Waals surface area contributed by atoms with Crippen molar-refractivity contribution in [2.24, 2.45) is 0 Å². The number of hydrogen-bond donors (Lipinski definition) is 1. The van der Waals surface area contributed by atoms with Gasteiger partial charge in [-0.3, -0.25) is 0 Å². The average molecular weight is 258 g/mol. The SMILES string of the molecule is Cc1nc2nonc2c(N)c1Cc1cccc(F)c1. The van der Waals surface area contributed by atoms with Crippen molar-refractivity contribution in [3.8, 4) is 0 Å². The number of nitrogen functional groups attached to an aromatic ring is 1. The molecule has 0 aliphatic rings. The molecule has 0 radical (unpaired) electrons. The summed E-state index contributed by atoms with van der Waals surface area (Å²) in [5.41, 5.74) is 9.74. The molecule has 96 valence electrons. The van der Waals surface area contributed by atoms with Crippen LogP contribution in [0.1, 0.15) is 16.8 Å². The molecule has 2 N–H and O–H groups in total. The maximum Gasteiger partial charge on any atom is 0.226 e. The Morgan fingerprint density at radius 1 is 1.32 bits per heavy atom. The van der Waals surface area contributed by atoms with E-state index in [1.165, 1.54) is 12.1 Å². The summed E-state index contributed by atoms with van der Waals surface area (Å²) in [4.78, 5) is 4.27. The Kier molecular flexibility index (Phi) is 2.63. The van der Waals surface area contributed by atoms with Gasteiger partial charge in [0.25, 0.3) is 0 Å². The fourth-order valence-electron chi connectivity index (χ4n) is 2.07. The molecule has 0 aliphatic heterocycles. The van der Waals surface area contributed by atoms with Crippen LogP contribution in [0.2, 0.25) is 0 Å². The van der Waals surface area contributed by atoms with Gasteiger partial charge in [0.15, 0.2) is 5.52 Å². The van der Waals surface area contributed by atoms with Gasteiger partial charge in [0, 0.05) is 17.7 Å². The topological polar surface area (TPSA) is 77.8 Å². The van der Waals surface area contributed by atoms with E-state index < -0.39 is 0 Å². The van der Waals surface area contributed by atoms with E-state index >= 15 is 0 Å². The average Bonchev–Trinajstić information content (AvgIpc) is 2.83. The summed E-state index contributed by atoms with van der Waals surface area (Å²) in [7, 11) is 0. The summed E-state index contributed by atoms with van der Waals surface area (Å²) in [5.74, 6) is -0.272. The van der Waals surface area contributed by atoms with Crippen molar-refractivity contribution in [2.75, 3.05) is 5.73 Å². The molecule has 0 saturated heterocycles. The Labute approximate surface area is 108 Å². The van der Waals surface area contributed by atoms with E-state index in [0.717, 1.165) is 16.8 Å². The fraction of sp³-hybridized carbons (Fsp3) is 0.154. The molecule has 19 heavy (non-hydrogen) atoms. The Morgan fingerprint density at radius 3 is 2.95 bits per heavy atom. The number of pyridine rings is 1. The number of fused-ring (bicyclic) bond motifs is 1. The van der Waals surface area contributed by atoms with Crippen molar-refractivity contribution < 1.29 is 9.02 Å². The Balaban J connectivity index is 2.09. The van der Waals surface area contributed by atoms with Crippen LogP contribution in [0.3, 0.4) is 0 Å². The Morgan fingerprint density at radius 2 is 2.16 bits per heavy atom. The smallest absolute Gasteiger partial charge is 0.226 e. The number of anilines is 1. The zero-order valence-electron chi connectivity index (χ0n) is 10.2. The lowest BCUT2D eigenvalue weighted by molar-refractivity contribution is 0.315. The highest BCUT2D eigenvalue weighted by Gasteiger charge is 2.14. The van der Waals surface area contributed by atoms with Crippen molar-refractivity contribution >= 4 is 16.9 Å². The Hall–Kier alpha value is -2.50. The molecule has 0 aliphatic carbocycles. The van der Waals surface area contributed by atoms with Gasteiger partial charge >= 0.3 is 0 Å². The number of benzene rings is 1. The van der Waals surface area contributed by atoms with Gasteiger partial charge < -0.3 is 5.73 Å². The molecule has 3 aromatic rings. The maximum atomic E-state index is 13.2. The van der Waals surface area contributed by atoms with E-state index in [9.17, 15) is 4.39 Å². The molecule has 0 amide bonds. The predicted octanol–water partition coefficient (Wildman–Crippen LogP) is 2.24. The van der Waals surface area contributed by atoms with E-state index in [4.69, 9.17) is 5.73 Å². The van der Waals surface area contributed by atoms with E-state index in [1.54, 1.807) is 6.07 Å². The second-order valence-corrected chi connectivity index (χ2v) is 4.33. The second kappa shape index (κ2) is 4.31.